The smallest absolute Gasteiger partial charge is 0.170 e. The molecule has 0 fully saturated rings. The lowest BCUT2D eigenvalue weighted by Crippen LogP contribution is -2.20. The molecule has 2 aromatic rings. The van der Waals surface area contributed by atoms with Gasteiger partial charge in [0.2, 0.25) is 0 Å². The molecule has 0 heterocycles. The van der Waals surface area contributed by atoms with E-state index in [-0.39, 0.29) is 11.7 Å². The second kappa shape index (κ2) is 4.70. The zero-order valence-corrected chi connectivity index (χ0v) is 10.5. The van der Waals surface area contributed by atoms with E-state index in [1.54, 1.807) is 12.1 Å². The molecule has 3 rings (SSSR count). The Balaban J connectivity index is 1.95. The Labute approximate surface area is 112 Å². The summed E-state index contributed by atoms with van der Waals surface area (Å²) in [6, 6.07) is 17.3. The average Bonchev–Trinajstić information content (AvgIpc) is 2.48. The molecule has 92 valence electrons. The molecule has 19 heavy (non-hydrogen) atoms. The summed E-state index contributed by atoms with van der Waals surface area (Å²) in [4.78, 5) is 12.5. The Hall–Kier alpha value is -2.40. The molecule has 0 aliphatic heterocycles. The number of ketones is 1. The standard InChI is InChI=1S/C17H13NO/c18-11-12-5-7-14(8-6-12)16-10-9-13-3-1-2-4-15(13)17(16)19/h1-8,16H,9-10H2. The van der Waals surface area contributed by atoms with Crippen LogP contribution in [0, 0.1) is 11.3 Å². The first-order chi connectivity index (χ1) is 9.29. The molecule has 0 aromatic heterocycles. The van der Waals surface area contributed by atoms with Gasteiger partial charge in [-0.1, -0.05) is 36.4 Å². The third kappa shape index (κ3) is 2.04. The van der Waals surface area contributed by atoms with Gasteiger partial charge < -0.3 is 0 Å². The van der Waals surface area contributed by atoms with Crippen LogP contribution in [0.4, 0.5) is 0 Å². The third-order valence-corrected chi connectivity index (χ3v) is 3.74. The SMILES string of the molecule is N#Cc1ccc(C2CCc3ccccc3C2=O)cc1. The van der Waals surface area contributed by atoms with Gasteiger partial charge in [-0.25, -0.2) is 0 Å². The molecule has 2 heteroatoms. The second-order valence-corrected chi connectivity index (χ2v) is 4.85. The number of benzene rings is 2. The Morgan fingerprint density at radius 2 is 1.79 bits per heavy atom. The highest BCUT2D eigenvalue weighted by atomic mass is 16.1. The highest BCUT2D eigenvalue weighted by Crippen LogP contribution is 2.32. The highest BCUT2D eigenvalue weighted by molar-refractivity contribution is 6.03. The molecule has 1 unspecified atom stereocenters. The monoisotopic (exact) mass is 247 g/mol. The van der Waals surface area contributed by atoms with Crippen LogP contribution in [0.15, 0.2) is 48.5 Å². The summed E-state index contributed by atoms with van der Waals surface area (Å²) in [7, 11) is 0. The Morgan fingerprint density at radius 1 is 1.05 bits per heavy atom. The molecule has 1 aliphatic carbocycles. The Bertz CT molecular complexity index is 664. The summed E-state index contributed by atoms with van der Waals surface area (Å²) in [6.07, 6.45) is 1.79. The molecular formula is C17H13NO. The van der Waals surface area contributed by atoms with Gasteiger partial charge in [0.25, 0.3) is 0 Å². The molecule has 0 N–H and O–H groups in total. The van der Waals surface area contributed by atoms with Crippen LogP contribution in [0.3, 0.4) is 0 Å². The predicted molar refractivity (Wildman–Crippen MR) is 73.0 cm³/mol. The minimum Gasteiger partial charge on any atom is -0.293 e. The van der Waals surface area contributed by atoms with Crippen molar-refractivity contribution in [2.45, 2.75) is 18.8 Å². The van der Waals surface area contributed by atoms with E-state index in [1.807, 2.05) is 36.4 Å². The second-order valence-electron chi connectivity index (χ2n) is 4.85. The average molecular weight is 247 g/mol. The van der Waals surface area contributed by atoms with Crippen molar-refractivity contribution in [1.29, 1.82) is 5.26 Å². The Kier molecular flexibility index (Phi) is 2.89. The van der Waals surface area contributed by atoms with Gasteiger partial charge in [0.05, 0.1) is 11.6 Å². The number of aryl methyl sites for hydroxylation is 1. The summed E-state index contributed by atoms with van der Waals surface area (Å²) < 4.78 is 0. The van der Waals surface area contributed by atoms with Crippen molar-refractivity contribution < 1.29 is 4.79 Å². The molecule has 0 radical (unpaired) electrons. The summed E-state index contributed by atoms with van der Waals surface area (Å²) in [5.41, 5.74) is 3.64. The zero-order valence-electron chi connectivity index (χ0n) is 10.5. The van der Waals surface area contributed by atoms with Crippen molar-refractivity contribution in [2.24, 2.45) is 0 Å². The van der Waals surface area contributed by atoms with Crippen molar-refractivity contribution in [3.63, 3.8) is 0 Å². The number of fused-ring (bicyclic) bond motifs is 1. The van der Waals surface area contributed by atoms with Crippen LogP contribution in [0.5, 0.6) is 0 Å². The van der Waals surface area contributed by atoms with Crippen LogP contribution >= 0.6 is 0 Å². The van der Waals surface area contributed by atoms with Gasteiger partial charge in [-0.15, -0.1) is 0 Å². The van der Waals surface area contributed by atoms with Crippen LogP contribution in [0.1, 0.15) is 39.4 Å². The number of carbonyl (C=O) groups excluding carboxylic acids is 1. The molecule has 1 atom stereocenters. The van der Waals surface area contributed by atoms with Crippen LogP contribution < -0.4 is 0 Å². The molecule has 0 saturated heterocycles. The van der Waals surface area contributed by atoms with E-state index in [4.69, 9.17) is 5.26 Å². The van der Waals surface area contributed by atoms with Crippen molar-refractivity contribution in [2.75, 3.05) is 0 Å². The molecule has 2 nitrogen and oxygen atoms in total. The minimum atomic E-state index is -0.0670. The van der Waals surface area contributed by atoms with Gasteiger partial charge in [-0.05, 0) is 36.1 Å². The minimum absolute atomic E-state index is 0.0670. The van der Waals surface area contributed by atoms with Crippen molar-refractivity contribution in [3.8, 4) is 6.07 Å². The lowest BCUT2D eigenvalue weighted by molar-refractivity contribution is 0.0946. The number of carbonyl (C=O) groups is 1. The lowest BCUT2D eigenvalue weighted by Gasteiger charge is -2.23. The number of Topliss-reactive ketones (excluding diaryl/α,β-unsaturated/α-hetero) is 1. The fourth-order valence-electron chi connectivity index (χ4n) is 2.71. The first kappa shape index (κ1) is 11.7. The third-order valence-electron chi connectivity index (χ3n) is 3.74. The van der Waals surface area contributed by atoms with Crippen molar-refractivity contribution in [3.05, 3.63) is 70.8 Å². The van der Waals surface area contributed by atoms with Gasteiger partial charge in [0, 0.05) is 11.5 Å². The van der Waals surface area contributed by atoms with Crippen LogP contribution in [0.25, 0.3) is 0 Å². The van der Waals surface area contributed by atoms with Gasteiger partial charge in [-0.3, -0.25) is 4.79 Å². The number of nitrogens with zero attached hydrogens (tertiary/aromatic N) is 1. The van der Waals surface area contributed by atoms with Crippen LogP contribution in [0.2, 0.25) is 0 Å². The van der Waals surface area contributed by atoms with Gasteiger partial charge in [-0.2, -0.15) is 5.26 Å². The number of nitriles is 1. The van der Waals surface area contributed by atoms with Crippen LogP contribution in [-0.2, 0) is 6.42 Å². The molecule has 0 spiro atoms. The summed E-state index contributed by atoms with van der Waals surface area (Å²) in [5.74, 6) is 0.134. The fraction of sp³-hybridized carbons (Fsp3) is 0.176. The van der Waals surface area contributed by atoms with E-state index in [0.717, 1.165) is 29.5 Å². The quantitative estimate of drug-likeness (QED) is 0.774. The molecule has 0 amide bonds. The van der Waals surface area contributed by atoms with E-state index >= 15 is 0 Å². The lowest BCUT2D eigenvalue weighted by atomic mass is 9.79. The summed E-state index contributed by atoms with van der Waals surface area (Å²) in [5, 5.41) is 8.80. The predicted octanol–water partition coefficient (Wildman–Crippen LogP) is 3.47. The van der Waals surface area contributed by atoms with Crippen molar-refractivity contribution >= 4 is 5.78 Å². The summed E-state index contributed by atoms with van der Waals surface area (Å²) in [6.45, 7) is 0. The van der Waals surface area contributed by atoms with E-state index in [2.05, 4.69) is 6.07 Å². The highest BCUT2D eigenvalue weighted by Gasteiger charge is 2.27. The first-order valence-electron chi connectivity index (χ1n) is 6.42. The topological polar surface area (TPSA) is 40.9 Å². The fourth-order valence-corrected chi connectivity index (χ4v) is 2.71. The molecule has 0 saturated carbocycles. The normalized spacial score (nSPS) is 17.6. The number of rotatable bonds is 1. The molecular weight excluding hydrogens is 234 g/mol. The maximum absolute atomic E-state index is 12.5. The maximum Gasteiger partial charge on any atom is 0.170 e. The number of hydrogen-bond donors (Lipinski definition) is 0. The van der Waals surface area contributed by atoms with E-state index < -0.39 is 0 Å². The molecule has 1 aliphatic rings. The van der Waals surface area contributed by atoms with Gasteiger partial charge in [0.15, 0.2) is 5.78 Å². The first-order valence-corrected chi connectivity index (χ1v) is 6.42. The van der Waals surface area contributed by atoms with E-state index in [1.165, 1.54) is 0 Å². The molecule has 2 aromatic carbocycles. The maximum atomic E-state index is 12.5. The van der Waals surface area contributed by atoms with Crippen LogP contribution in [-0.4, -0.2) is 5.78 Å². The largest absolute Gasteiger partial charge is 0.293 e. The zero-order chi connectivity index (χ0) is 13.2. The van der Waals surface area contributed by atoms with Crippen molar-refractivity contribution in [1.82, 2.24) is 0 Å². The van der Waals surface area contributed by atoms with Gasteiger partial charge >= 0.3 is 0 Å². The van der Waals surface area contributed by atoms with Gasteiger partial charge in [0.1, 0.15) is 0 Å². The number of hydrogen-bond acceptors (Lipinski definition) is 2. The summed E-state index contributed by atoms with van der Waals surface area (Å²) >= 11 is 0. The Morgan fingerprint density at radius 3 is 2.53 bits per heavy atom. The van der Waals surface area contributed by atoms with E-state index in [0.29, 0.717) is 5.56 Å². The van der Waals surface area contributed by atoms with E-state index in [9.17, 15) is 4.79 Å². The molecule has 0 bridgehead atoms.